The number of halogens is 3. The number of rotatable bonds is 2. The van der Waals surface area contributed by atoms with E-state index in [4.69, 9.17) is 4.74 Å². The highest BCUT2D eigenvalue weighted by molar-refractivity contribution is 5.95. The van der Waals surface area contributed by atoms with Crippen molar-refractivity contribution < 1.29 is 27.6 Å². The number of urea groups is 1. The number of hydrogen-bond acceptors (Lipinski definition) is 4. The van der Waals surface area contributed by atoms with Crippen molar-refractivity contribution in [2.75, 3.05) is 4.90 Å². The molecule has 4 aliphatic rings. The number of fused-ring (bicyclic) bond motifs is 7. The monoisotopic (exact) mass is 369 g/mol. The van der Waals surface area contributed by atoms with E-state index >= 15 is 0 Å². The van der Waals surface area contributed by atoms with E-state index in [1.165, 1.54) is 11.0 Å². The molecule has 3 aliphatic heterocycles. The smallest absolute Gasteiger partial charge is 0.345 e. The molecule has 5 rings (SSSR count). The zero-order chi connectivity index (χ0) is 18.4. The molecule has 1 aliphatic carbocycles. The number of hydrogen-bond donors (Lipinski definition) is 0. The topological polar surface area (TPSA) is 79.2 Å². The molecular formula is C16H14F3N3O4. The number of carbonyl (C=O) groups excluding carboxylic acids is 1. The Labute approximate surface area is 145 Å². The molecule has 10 heteroatoms. The first-order valence-corrected chi connectivity index (χ1v) is 8.40. The summed E-state index contributed by atoms with van der Waals surface area (Å²) in [5.41, 5.74) is -2.42. The number of nitro groups is 1. The van der Waals surface area contributed by atoms with Gasteiger partial charge in [0, 0.05) is 17.8 Å². The molecule has 4 fully saturated rings. The summed E-state index contributed by atoms with van der Waals surface area (Å²) >= 11 is 0. The summed E-state index contributed by atoms with van der Waals surface area (Å²) in [5, 5.41) is 10.9. The summed E-state index contributed by atoms with van der Waals surface area (Å²) in [6.07, 6.45) is -2.84. The number of nitrogens with zero attached hydrogens (tertiary/aromatic N) is 3. The summed E-state index contributed by atoms with van der Waals surface area (Å²) < 4.78 is 45.4. The summed E-state index contributed by atoms with van der Waals surface area (Å²) in [6, 6.07) is 2.38. The van der Waals surface area contributed by atoms with E-state index in [0.717, 1.165) is 25.3 Å². The normalized spacial score (nSPS) is 34.7. The van der Waals surface area contributed by atoms with E-state index in [1.54, 1.807) is 4.90 Å². The molecule has 7 nitrogen and oxygen atoms in total. The Balaban J connectivity index is 1.55. The molecule has 0 N–H and O–H groups in total. The van der Waals surface area contributed by atoms with Gasteiger partial charge in [0.25, 0.3) is 5.69 Å². The number of carbonyl (C=O) groups is 1. The number of epoxide rings is 1. The minimum Gasteiger partial charge on any atom is -0.345 e. The van der Waals surface area contributed by atoms with Crippen LogP contribution in [0.25, 0.3) is 0 Å². The average Bonchev–Trinajstić information content (AvgIpc) is 3.07. The number of alkyl halides is 3. The molecule has 4 unspecified atom stereocenters. The van der Waals surface area contributed by atoms with E-state index in [2.05, 4.69) is 0 Å². The Bertz CT molecular complexity index is 829. The Morgan fingerprint density at radius 3 is 2.73 bits per heavy atom. The standard InChI is InChI=1S/C16H14F3N3O4/c17-16(18,19)10-6-9(3-4-11(10)22(24)25)21-14-13(26-14)12-7-1-2-8(5-7)20(12)15(21)23/h3-4,6-8,12-14H,1-2,5H2/t7?,8?,12-,13?,14?/m0/s1. The number of amides is 2. The average molecular weight is 369 g/mol. The van der Waals surface area contributed by atoms with Crippen molar-refractivity contribution in [3.8, 4) is 0 Å². The van der Waals surface area contributed by atoms with Gasteiger partial charge in [0.2, 0.25) is 0 Å². The van der Waals surface area contributed by atoms with Crippen LogP contribution in [0.15, 0.2) is 18.2 Å². The van der Waals surface area contributed by atoms with Gasteiger partial charge in [-0.25, -0.2) is 4.79 Å². The second kappa shape index (κ2) is 4.87. The Morgan fingerprint density at radius 2 is 2.04 bits per heavy atom. The Hall–Kier alpha value is -2.36. The minimum absolute atomic E-state index is 0.00244. The molecule has 0 radical (unpaired) electrons. The van der Waals surface area contributed by atoms with Crippen molar-refractivity contribution in [3.63, 3.8) is 0 Å². The summed E-state index contributed by atoms with van der Waals surface area (Å²) in [6.45, 7) is 0. The highest BCUT2D eigenvalue weighted by atomic mass is 19.4. The summed E-state index contributed by atoms with van der Waals surface area (Å²) in [5.74, 6) is 0.392. The molecule has 2 amide bonds. The predicted octanol–water partition coefficient (Wildman–Crippen LogP) is 3.13. The van der Waals surface area contributed by atoms with E-state index in [0.29, 0.717) is 12.0 Å². The first-order valence-electron chi connectivity index (χ1n) is 8.40. The van der Waals surface area contributed by atoms with Crippen LogP contribution in [0.1, 0.15) is 24.8 Å². The fourth-order valence-electron chi connectivity index (χ4n) is 4.86. The second-order valence-electron chi connectivity index (χ2n) is 7.22. The Kier molecular flexibility index (Phi) is 2.97. The highest BCUT2D eigenvalue weighted by Crippen LogP contribution is 2.53. The van der Waals surface area contributed by atoms with Crippen molar-refractivity contribution >= 4 is 17.4 Å². The van der Waals surface area contributed by atoms with Crippen LogP contribution in [-0.2, 0) is 10.9 Å². The van der Waals surface area contributed by atoms with Crippen LogP contribution in [-0.4, -0.2) is 40.3 Å². The van der Waals surface area contributed by atoms with Crippen molar-refractivity contribution in [1.82, 2.24) is 4.90 Å². The van der Waals surface area contributed by atoms with Gasteiger partial charge in [0.15, 0.2) is 6.23 Å². The van der Waals surface area contributed by atoms with Gasteiger partial charge in [-0.3, -0.25) is 15.0 Å². The van der Waals surface area contributed by atoms with Crippen LogP contribution in [0, 0.1) is 16.0 Å². The fraction of sp³-hybridized carbons (Fsp3) is 0.562. The minimum atomic E-state index is -4.89. The molecule has 2 bridgehead atoms. The van der Waals surface area contributed by atoms with Crippen molar-refractivity contribution in [2.45, 2.75) is 49.9 Å². The molecule has 26 heavy (non-hydrogen) atoms. The van der Waals surface area contributed by atoms with Crippen LogP contribution < -0.4 is 4.90 Å². The maximum atomic E-state index is 13.2. The lowest BCUT2D eigenvalue weighted by molar-refractivity contribution is -0.388. The quantitative estimate of drug-likeness (QED) is 0.456. The van der Waals surface area contributed by atoms with Crippen molar-refractivity contribution in [2.24, 2.45) is 5.92 Å². The second-order valence-corrected chi connectivity index (χ2v) is 7.22. The van der Waals surface area contributed by atoms with E-state index in [1.807, 2.05) is 0 Å². The van der Waals surface area contributed by atoms with Gasteiger partial charge in [-0.2, -0.15) is 13.2 Å². The molecule has 0 aromatic heterocycles. The number of anilines is 1. The molecule has 1 aromatic carbocycles. The van der Waals surface area contributed by atoms with Crippen LogP contribution in [0.5, 0.6) is 0 Å². The third kappa shape index (κ3) is 2.01. The molecule has 3 saturated heterocycles. The lowest BCUT2D eigenvalue weighted by Crippen LogP contribution is -2.59. The maximum absolute atomic E-state index is 13.2. The molecule has 0 spiro atoms. The van der Waals surface area contributed by atoms with Crippen LogP contribution in [0.3, 0.4) is 0 Å². The number of benzene rings is 1. The lowest BCUT2D eigenvalue weighted by Gasteiger charge is -2.41. The predicted molar refractivity (Wildman–Crippen MR) is 81.4 cm³/mol. The van der Waals surface area contributed by atoms with Gasteiger partial charge in [0.1, 0.15) is 11.7 Å². The van der Waals surface area contributed by atoms with Gasteiger partial charge in [-0.05, 0) is 37.3 Å². The van der Waals surface area contributed by atoms with E-state index < -0.39 is 28.6 Å². The van der Waals surface area contributed by atoms with Gasteiger partial charge in [0.05, 0.1) is 11.0 Å². The van der Waals surface area contributed by atoms with Crippen molar-refractivity contribution in [3.05, 3.63) is 33.9 Å². The van der Waals surface area contributed by atoms with Crippen LogP contribution >= 0.6 is 0 Å². The molecular weight excluding hydrogens is 355 g/mol. The number of nitro benzene ring substituents is 1. The number of ether oxygens (including phenoxy) is 1. The van der Waals surface area contributed by atoms with Crippen molar-refractivity contribution in [1.29, 1.82) is 0 Å². The fourth-order valence-corrected chi connectivity index (χ4v) is 4.86. The summed E-state index contributed by atoms with van der Waals surface area (Å²) in [4.78, 5) is 25.8. The molecule has 1 saturated carbocycles. The molecule has 1 aromatic rings. The first-order chi connectivity index (χ1) is 12.3. The lowest BCUT2D eigenvalue weighted by atomic mass is 9.94. The van der Waals surface area contributed by atoms with E-state index in [9.17, 15) is 28.1 Å². The van der Waals surface area contributed by atoms with Gasteiger partial charge in [-0.15, -0.1) is 0 Å². The van der Waals surface area contributed by atoms with Crippen LogP contribution in [0.2, 0.25) is 0 Å². The van der Waals surface area contributed by atoms with E-state index in [-0.39, 0.29) is 29.9 Å². The number of piperidine rings is 1. The largest absolute Gasteiger partial charge is 0.423 e. The maximum Gasteiger partial charge on any atom is 0.423 e. The molecule has 5 atom stereocenters. The third-order valence-corrected chi connectivity index (χ3v) is 5.92. The zero-order valence-corrected chi connectivity index (χ0v) is 13.3. The third-order valence-electron chi connectivity index (χ3n) is 5.92. The van der Waals surface area contributed by atoms with Gasteiger partial charge in [-0.1, -0.05) is 0 Å². The van der Waals surface area contributed by atoms with Gasteiger partial charge < -0.3 is 9.64 Å². The SMILES string of the molecule is O=C1N(c2ccc([N+](=O)[O-])c(C(F)(F)F)c2)C2OC2[C@@H]2C3CCC(C3)N12. The zero-order valence-electron chi connectivity index (χ0n) is 13.3. The summed E-state index contributed by atoms with van der Waals surface area (Å²) in [7, 11) is 0. The highest BCUT2D eigenvalue weighted by Gasteiger charge is 2.66. The Morgan fingerprint density at radius 1 is 1.27 bits per heavy atom. The molecule has 3 heterocycles. The molecule has 138 valence electrons. The van der Waals surface area contributed by atoms with Crippen LogP contribution in [0.4, 0.5) is 29.3 Å². The van der Waals surface area contributed by atoms with Gasteiger partial charge >= 0.3 is 12.2 Å². The first kappa shape index (κ1) is 15.9.